The topological polar surface area (TPSA) is 23.6 Å². The van der Waals surface area contributed by atoms with Gasteiger partial charge in [-0.05, 0) is 86.4 Å². The summed E-state index contributed by atoms with van der Waals surface area (Å²) in [7, 11) is 4.00. The Morgan fingerprint density at radius 2 is 1.91 bits per heavy atom. The third-order valence-corrected chi connectivity index (χ3v) is 7.83. The molecule has 3 aromatic rings. The molecule has 3 unspecified atom stereocenters. The summed E-state index contributed by atoms with van der Waals surface area (Å²) in [4.78, 5) is 17.9. The fraction of sp³-hybridized carbons (Fsp3) is 0.393. The second-order valence-electron chi connectivity index (χ2n) is 9.64. The number of nitrogens with zero attached hydrogens (tertiary/aromatic N) is 2. The molecule has 1 heterocycles. The van der Waals surface area contributed by atoms with Gasteiger partial charge in [-0.25, -0.2) is 4.39 Å². The van der Waals surface area contributed by atoms with Crippen LogP contribution in [0.25, 0.3) is 10.8 Å². The van der Waals surface area contributed by atoms with Gasteiger partial charge in [-0.2, -0.15) is 0 Å². The lowest BCUT2D eigenvalue weighted by Crippen LogP contribution is -2.48. The average Bonchev–Trinajstić information content (AvgIpc) is 2.80. The van der Waals surface area contributed by atoms with Crippen LogP contribution in [0.15, 0.2) is 60.7 Å². The maximum absolute atomic E-state index is 13.7. The summed E-state index contributed by atoms with van der Waals surface area (Å²) >= 11 is 6.41. The number of rotatable bonds is 5. The third kappa shape index (κ3) is 4.78. The van der Waals surface area contributed by atoms with E-state index in [4.69, 9.17) is 11.6 Å². The van der Waals surface area contributed by atoms with E-state index in [1.165, 1.54) is 12.1 Å². The summed E-state index contributed by atoms with van der Waals surface area (Å²) < 4.78 is 13.7. The molecule has 0 spiro atoms. The number of carbonyl (C=O) groups is 1. The zero-order valence-electron chi connectivity index (χ0n) is 19.8. The Hall–Kier alpha value is -2.43. The van der Waals surface area contributed by atoms with E-state index in [1.807, 2.05) is 54.4 Å². The van der Waals surface area contributed by atoms with Crippen molar-refractivity contribution >= 4 is 28.3 Å². The van der Waals surface area contributed by atoms with Gasteiger partial charge < -0.3 is 9.80 Å². The number of piperidine rings is 1. The van der Waals surface area contributed by atoms with Crippen LogP contribution >= 0.6 is 11.6 Å². The number of hydrogen-bond acceptors (Lipinski definition) is 2. The van der Waals surface area contributed by atoms with Crippen LogP contribution in [0.3, 0.4) is 0 Å². The van der Waals surface area contributed by atoms with Crippen LogP contribution in [-0.4, -0.2) is 42.4 Å². The number of carbonyl (C=O) groups excluding carboxylic acids is 1. The minimum atomic E-state index is -0.304. The predicted octanol–water partition coefficient (Wildman–Crippen LogP) is 6.59. The SMILES string of the molecule is CC1CC(CC(=O)N(C)C(C)c2cc(Cl)cc3ccccc23)(c2ccc(F)cc2)CCN1C. The van der Waals surface area contributed by atoms with Gasteiger partial charge in [-0.1, -0.05) is 48.0 Å². The van der Waals surface area contributed by atoms with E-state index in [-0.39, 0.29) is 23.2 Å². The highest BCUT2D eigenvalue weighted by molar-refractivity contribution is 6.31. The minimum Gasteiger partial charge on any atom is -0.339 e. The minimum absolute atomic E-state index is 0.0904. The van der Waals surface area contributed by atoms with Crippen molar-refractivity contribution in [3.63, 3.8) is 0 Å². The molecule has 1 aliphatic rings. The predicted molar refractivity (Wildman–Crippen MR) is 134 cm³/mol. The van der Waals surface area contributed by atoms with Crippen LogP contribution in [0.2, 0.25) is 5.02 Å². The molecular weight excluding hydrogens is 435 g/mol. The normalized spacial score (nSPS) is 22.3. The average molecular weight is 467 g/mol. The molecular formula is C28H32ClFN2O. The summed E-state index contributed by atoms with van der Waals surface area (Å²) in [5.74, 6) is -0.160. The molecule has 174 valence electrons. The van der Waals surface area contributed by atoms with Crippen molar-refractivity contribution < 1.29 is 9.18 Å². The molecule has 0 N–H and O–H groups in total. The lowest BCUT2D eigenvalue weighted by atomic mass is 9.68. The highest BCUT2D eigenvalue weighted by Crippen LogP contribution is 2.42. The first-order chi connectivity index (χ1) is 15.7. The van der Waals surface area contributed by atoms with Crippen molar-refractivity contribution in [3.05, 3.63) is 82.6 Å². The van der Waals surface area contributed by atoms with Gasteiger partial charge in [0.25, 0.3) is 0 Å². The van der Waals surface area contributed by atoms with Crippen LogP contribution in [0.5, 0.6) is 0 Å². The second-order valence-corrected chi connectivity index (χ2v) is 10.1. The maximum atomic E-state index is 13.7. The molecule has 3 atom stereocenters. The van der Waals surface area contributed by atoms with Gasteiger partial charge in [0.2, 0.25) is 5.91 Å². The summed E-state index contributed by atoms with van der Waals surface area (Å²) in [5.41, 5.74) is 1.79. The van der Waals surface area contributed by atoms with Crippen molar-refractivity contribution in [2.75, 3.05) is 20.6 Å². The first-order valence-corrected chi connectivity index (χ1v) is 12.0. The highest BCUT2D eigenvalue weighted by Gasteiger charge is 2.41. The monoisotopic (exact) mass is 466 g/mol. The number of fused-ring (bicyclic) bond motifs is 1. The van der Waals surface area contributed by atoms with E-state index in [1.54, 1.807) is 0 Å². The molecule has 0 aliphatic carbocycles. The van der Waals surface area contributed by atoms with Gasteiger partial charge in [-0.3, -0.25) is 4.79 Å². The Morgan fingerprint density at radius 3 is 2.61 bits per heavy atom. The van der Waals surface area contributed by atoms with Crippen molar-refractivity contribution in [1.29, 1.82) is 0 Å². The smallest absolute Gasteiger partial charge is 0.223 e. The van der Waals surface area contributed by atoms with Gasteiger partial charge in [0.05, 0.1) is 6.04 Å². The van der Waals surface area contributed by atoms with E-state index in [0.29, 0.717) is 17.5 Å². The van der Waals surface area contributed by atoms with E-state index in [0.717, 1.165) is 41.3 Å². The largest absolute Gasteiger partial charge is 0.339 e. The van der Waals surface area contributed by atoms with Gasteiger partial charge in [0, 0.05) is 29.9 Å². The lowest BCUT2D eigenvalue weighted by Gasteiger charge is -2.45. The molecule has 3 aromatic carbocycles. The quantitative estimate of drug-likeness (QED) is 0.423. The standard InChI is InChI=1S/C28H32ClFN2O/c1-19-17-28(13-14-31(19)3,22-9-11-24(30)12-10-22)18-27(33)32(4)20(2)26-16-23(29)15-21-7-5-6-8-25(21)26/h5-12,15-16,19-20H,13-14,17-18H2,1-4H3. The van der Waals surface area contributed by atoms with Crippen LogP contribution in [0, 0.1) is 5.82 Å². The third-order valence-electron chi connectivity index (χ3n) is 7.61. The molecule has 1 aliphatic heterocycles. The maximum Gasteiger partial charge on any atom is 0.223 e. The number of likely N-dealkylation sites (tertiary alicyclic amines) is 1. The van der Waals surface area contributed by atoms with Crippen molar-refractivity contribution in [1.82, 2.24) is 9.80 Å². The zero-order chi connectivity index (χ0) is 23.8. The molecule has 1 fully saturated rings. The molecule has 3 nitrogen and oxygen atoms in total. The van der Waals surface area contributed by atoms with Crippen LogP contribution < -0.4 is 0 Å². The van der Waals surface area contributed by atoms with Crippen LogP contribution in [0.4, 0.5) is 4.39 Å². The molecule has 0 radical (unpaired) electrons. The molecule has 0 bridgehead atoms. The Bertz CT molecular complexity index is 1150. The molecule has 5 heteroatoms. The summed E-state index contributed by atoms with van der Waals surface area (Å²) in [6.07, 6.45) is 2.13. The van der Waals surface area contributed by atoms with Crippen LogP contribution in [0.1, 0.15) is 50.3 Å². The van der Waals surface area contributed by atoms with Gasteiger partial charge in [0.1, 0.15) is 5.82 Å². The Labute approximate surface area is 201 Å². The Morgan fingerprint density at radius 1 is 1.21 bits per heavy atom. The van der Waals surface area contributed by atoms with Crippen LogP contribution in [-0.2, 0) is 10.2 Å². The van der Waals surface area contributed by atoms with Gasteiger partial charge >= 0.3 is 0 Å². The number of benzene rings is 3. The van der Waals surface area contributed by atoms with E-state index >= 15 is 0 Å². The molecule has 0 saturated carbocycles. The first-order valence-electron chi connectivity index (χ1n) is 11.6. The fourth-order valence-corrected chi connectivity index (χ4v) is 5.48. The van der Waals surface area contributed by atoms with E-state index in [2.05, 4.69) is 31.9 Å². The van der Waals surface area contributed by atoms with Gasteiger partial charge in [0.15, 0.2) is 0 Å². The number of hydrogen-bond donors (Lipinski definition) is 0. The summed E-state index contributed by atoms with van der Waals surface area (Å²) in [6.45, 7) is 5.16. The second kappa shape index (κ2) is 9.44. The first kappa shape index (κ1) is 23.7. The van der Waals surface area contributed by atoms with Gasteiger partial charge in [-0.15, -0.1) is 0 Å². The van der Waals surface area contributed by atoms with Crippen molar-refractivity contribution in [2.24, 2.45) is 0 Å². The van der Waals surface area contributed by atoms with Crippen molar-refractivity contribution in [2.45, 2.75) is 50.6 Å². The summed E-state index contributed by atoms with van der Waals surface area (Å²) in [6, 6.07) is 19.0. The highest BCUT2D eigenvalue weighted by atomic mass is 35.5. The van der Waals surface area contributed by atoms with E-state index < -0.39 is 0 Å². The lowest BCUT2D eigenvalue weighted by molar-refractivity contribution is -0.133. The molecule has 0 aromatic heterocycles. The number of halogens is 2. The molecule has 1 amide bonds. The number of amides is 1. The Kier molecular flexibility index (Phi) is 6.78. The molecule has 4 rings (SSSR count). The van der Waals surface area contributed by atoms with Crippen molar-refractivity contribution in [3.8, 4) is 0 Å². The Balaban J connectivity index is 1.64. The molecule has 33 heavy (non-hydrogen) atoms. The zero-order valence-corrected chi connectivity index (χ0v) is 20.6. The molecule has 1 saturated heterocycles. The summed E-state index contributed by atoms with van der Waals surface area (Å²) in [5, 5.41) is 2.85. The van der Waals surface area contributed by atoms with E-state index in [9.17, 15) is 9.18 Å². The fourth-order valence-electron chi connectivity index (χ4n) is 5.25.